The maximum absolute atomic E-state index is 0. The van der Waals surface area contributed by atoms with Crippen LogP contribution in [0.3, 0.4) is 0 Å². The van der Waals surface area contributed by atoms with Crippen LogP contribution in [-0.4, -0.2) is 0 Å². The summed E-state index contributed by atoms with van der Waals surface area (Å²) in [6.07, 6.45) is 0. The molecule has 0 aromatic heterocycles. The Balaban J connectivity index is 0. The average molecular weight is 300 g/mol. The van der Waals surface area contributed by atoms with Crippen molar-refractivity contribution in [3.05, 3.63) is 0 Å². The second-order valence-corrected chi connectivity index (χ2v) is 0. The zero-order chi connectivity index (χ0) is 0. The van der Waals surface area contributed by atoms with Gasteiger partial charge in [-0.1, -0.05) is 0 Å². The van der Waals surface area contributed by atoms with Crippen LogP contribution in [0.15, 0.2) is 0 Å². The molecule has 0 aliphatic heterocycles. The van der Waals surface area contributed by atoms with E-state index in [2.05, 4.69) is 0 Å². The third kappa shape index (κ3) is 19.8. The Bertz CT molecular complexity index is 6.85. The van der Waals surface area contributed by atoms with Crippen LogP contribution in [0.4, 0.5) is 0 Å². The monoisotopic (exact) mass is 300 g/mol. The molecule has 5 heteroatoms. The Morgan fingerprint density at radius 1 is 0.600 bits per heavy atom. The molecule has 0 bridgehead atoms. The van der Waals surface area contributed by atoms with E-state index in [0.29, 0.717) is 0 Å². The van der Waals surface area contributed by atoms with Gasteiger partial charge in [-0.2, -0.15) is 0 Å². The van der Waals surface area contributed by atoms with Crippen molar-refractivity contribution in [3.8, 4) is 0 Å². The van der Waals surface area contributed by atoms with Crippen LogP contribution < -0.4 is 0 Å². The minimum Gasteiger partial charge on any atom is -2.00 e. The molecule has 0 aromatic carbocycles. The fraction of sp³-hybridized carbons (Fsp3) is 0. The molecular formula is CdS3Zr. The van der Waals surface area contributed by atoms with E-state index in [9.17, 15) is 0 Å². The molecule has 0 nitrogen and oxygen atoms in total. The number of hydrogen-bond acceptors (Lipinski definition) is 0. The van der Waals surface area contributed by atoms with Crippen molar-refractivity contribution in [2.75, 3.05) is 0 Å². The predicted molar refractivity (Wildman–Crippen MR) is 22.1 cm³/mol. The van der Waals surface area contributed by atoms with E-state index in [1.807, 2.05) is 0 Å². The summed E-state index contributed by atoms with van der Waals surface area (Å²) in [5.41, 5.74) is 0. The standard InChI is InChI=1S/Cd.3S.Zr/q+2;3*-2;+4. The van der Waals surface area contributed by atoms with Crippen LogP contribution >= 0.6 is 0 Å². The molecule has 0 unspecified atom stereocenters. The summed E-state index contributed by atoms with van der Waals surface area (Å²) < 4.78 is 0. The third-order valence-electron chi connectivity index (χ3n) is 0. The van der Waals surface area contributed by atoms with Gasteiger partial charge in [0.2, 0.25) is 0 Å². The van der Waals surface area contributed by atoms with Crippen LogP contribution in [0.1, 0.15) is 0 Å². The van der Waals surface area contributed by atoms with Crippen LogP contribution in [0, 0.1) is 0 Å². The molecular weight excluding hydrogens is 300 g/mol. The molecule has 5 heavy (non-hydrogen) atoms. The molecule has 0 aliphatic rings. The minimum absolute atomic E-state index is 0. The number of hydrogen-bond donors (Lipinski definition) is 0. The normalized spacial score (nSPS) is 0. The quantitative estimate of drug-likeness (QED) is 0.552. The van der Waals surface area contributed by atoms with Gasteiger partial charge in [-0.25, -0.2) is 0 Å². The van der Waals surface area contributed by atoms with Gasteiger partial charge in [-0.3, -0.25) is 0 Å². The zero-order valence-electron chi connectivity index (χ0n) is 2.43. The SMILES string of the molecule is [Cd+2].[S-2].[S-2].[S-2].[Zr+4]. The molecule has 0 saturated heterocycles. The fourth-order valence-electron chi connectivity index (χ4n) is 0. The summed E-state index contributed by atoms with van der Waals surface area (Å²) in [7, 11) is 0. The average Bonchev–Trinajstić information content (AvgIpc) is 0. The van der Waals surface area contributed by atoms with E-state index >= 15 is 0 Å². The molecule has 0 saturated carbocycles. The molecule has 0 spiro atoms. The molecule has 0 radical (unpaired) electrons. The van der Waals surface area contributed by atoms with Crippen molar-refractivity contribution in [1.82, 2.24) is 0 Å². The van der Waals surface area contributed by atoms with Gasteiger partial charge in [0.15, 0.2) is 0 Å². The van der Waals surface area contributed by atoms with Crippen LogP contribution in [-0.2, 0) is 94.0 Å². The third-order valence-corrected chi connectivity index (χ3v) is 0. The first kappa shape index (κ1) is 45.3. The van der Waals surface area contributed by atoms with Gasteiger partial charge in [-0.15, -0.1) is 0 Å². The molecule has 0 aromatic rings. The molecule has 0 N–H and O–H groups in total. The van der Waals surface area contributed by atoms with E-state index in [1.165, 1.54) is 0 Å². The molecule has 24 valence electrons. The molecule has 0 rings (SSSR count). The van der Waals surface area contributed by atoms with Gasteiger partial charge in [0.25, 0.3) is 0 Å². The summed E-state index contributed by atoms with van der Waals surface area (Å²) in [6.45, 7) is 0. The van der Waals surface area contributed by atoms with E-state index in [1.54, 1.807) is 0 Å². The summed E-state index contributed by atoms with van der Waals surface area (Å²) >= 11 is 0. The first-order valence-electron chi connectivity index (χ1n) is 0. The first-order chi connectivity index (χ1) is 0. The Morgan fingerprint density at radius 2 is 0.600 bits per heavy atom. The fourth-order valence-corrected chi connectivity index (χ4v) is 0. The van der Waals surface area contributed by atoms with Crippen molar-refractivity contribution in [3.63, 3.8) is 0 Å². The van der Waals surface area contributed by atoms with Gasteiger partial charge < -0.3 is 40.5 Å². The van der Waals surface area contributed by atoms with Gasteiger partial charge in [-0.05, 0) is 0 Å². The second kappa shape index (κ2) is 28.8. The van der Waals surface area contributed by atoms with Crippen molar-refractivity contribution in [1.29, 1.82) is 0 Å². The molecule has 0 amide bonds. The maximum atomic E-state index is 0. The summed E-state index contributed by atoms with van der Waals surface area (Å²) in [6, 6.07) is 0. The maximum Gasteiger partial charge on any atom is 4.00 e. The van der Waals surface area contributed by atoms with E-state index in [-0.39, 0.29) is 94.0 Å². The Hall–Kier alpha value is 2.86. The van der Waals surface area contributed by atoms with Gasteiger partial charge >= 0.3 is 53.5 Å². The first-order valence-corrected chi connectivity index (χ1v) is 0. The van der Waals surface area contributed by atoms with E-state index < -0.39 is 0 Å². The van der Waals surface area contributed by atoms with Crippen molar-refractivity contribution in [2.45, 2.75) is 0 Å². The van der Waals surface area contributed by atoms with Crippen molar-refractivity contribution in [2.24, 2.45) is 0 Å². The van der Waals surface area contributed by atoms with Crippen LogP contribution in [0.2, 0.25) is 0 Å². The second-order valence-electron chi connectivity index (χ2n) is 0. The number of rotatable bonds is 0. The van der Waals surface area contributed by atoms with E-state index in [4.69, 9.17) is 0 Å². The topological polar surface area (TPSA) is 0 Å². The summed E-state index contributed by atoms with van der Waals surface area (Å²) in [5, 5.41) is 0. The molecule has 0 aliphatic carbocycles. The Kier molecular flexibility index (Phi) is 261. The van der Waals surface area contributed by atoms with Gasteiger partial charge in [0, 0.05) is 0 Å². The summed E-state index contributed by atoms with van der Waals surface area (Å²) in [5.74, 6) is 0. The zero-order valence-corrected chi connectivity index (χ0v) is 11.4. The molecule has 0 heterocycles. The largest absolute Gasteiger partial charge is 4.00 e. The van der Waals surface area contributed by atoms with Gasteiger partial charge in [0.05, 0.1) is 0 Å². The summed E-state index contributed by atoms with van der Waals surface area (Å²) in [4.78, 5) is 0. The Labute approximate surface area is 92.5 Å². The van der Waals surface area contributed by atoms with Crippen molar-refractivity contribution >= 4 is 40.5 Å². The van der Waals surface area contributed by atoms with Gasteiger partial charge in [0.1, 0.15) is 0 Å². The molecule has 0 fully saturated rings. The Morgan fingerprint density at radius 3 is 0.600 bits per heavy atom. The van der Waals surface area contributed by atoms with Crippen molar-refractivity contribution < 1.29 is 53.5 Å². The predicted octanol–water partition coefficient (Wildman–Crippen LogP) is -0.0122. The van der Waals surface area contributed by atoms with Crippen LogP contribution in [0.25, 0.3) is 0 Å². The molecule has 0 atom stereocenters. The smallest absolute Gasteiger partial charge is 2.00 e. The van der Waals surface area contributed by atoms with Crippen LogP contribution in [0.5, 0.6) is 0 Å². The van der Waals surface area contributed by atoms with E-state index in [0.717, 1.165) is 0 Å². The minimum atomic E-state index is 0.